The number of aromatic nitrogens is 2. The molecular formula is C26H39N5O2. The maximum absolute atomic E-state index is 9.86. The Morgan fingerprint density at radius 3 is 2.64 bits per heavy atom. The second-order valence-corrected chi connectivity index (χ2v) is 9.63. The van der Waals surface area contributed by atoms with Crippen LogP contribution in [-0.2, 0) is 19.4 Å². The standard InChI is InChI=1S/C26H39N5O2/c1-4-33-24-15-19(11-14-23(24)32)17-27-16-18-9-12-20(13-10-18)28-26-29-22-8-6-5-7-21(22)25(30-26)31(2)3/h11,14-15,18,20,27,32H,4-10,12-13,16-17H2,1-3H3,(H,28,29,30)/t18-,20+. The monoisotopic (exact) mass is 453 g/mol. The largest absolute Gasteiger partial charge is 0.504 e. The molecule has 2 aliphatic carbocycles. The summed E-state index contributed by atoms with van der Waals surface area (Å²) in [6.07, 6.45) is 9.34. The molecule has 3 N–H and O–H groups in total. The smallest absolute Gasteiger partial charge is 0.225 e. The summed E-state index contributed by atoms with van der Waals surface area (Å²) in [5, 5.41) is 17.1. The van der Waals surface area contributed by atoms with Gasteiger partial charge in [0.2, 0.25) is 5.95 Å². The number of fused-ring (bicyclic) bond motifs is 1. The fourth-order valence-electron chi connectivity index (χ4n) is 5.06. The van der Waals surface area contributed by atoms with Gasteiger partial charge in [-0.2, -0.15) is 4.98 Å². The van der Waals surface area contributed by atoms with E-state index in [0.29, 0.717) is 24.3 Å². The van der Waals surface area contributed by atoms with Gasteiger partial charge in [-0.25, -0.2) is 4.98 Å². The van der Waals surface area contributed by atoms with E-state index in [1.165, 1.54) is 36.9 Å². The first kappa shape index (κ1) is 23.6. The summed E-state index contributed by atoms with van der Waals surface area (Å²) in [6.45, 7) is 4.27. The quantitative estimate of drug-likeness (QED) is 0.522. The van der Waals surface area contributed by atoms with E-state index in [4.69, 9.17) is 14.7 Å². The summed E-state index contributed by atoms with van der Waals surface area (Å²) in [5.74, 6) is 3.34. The number of benzene rings is 1. The van der Waals surface area contributed by atoms with Gasteiger partial charge in [0.05, 0.1) is 12.3 Å². The Morgan fingerprint density at radius 2 is 1.88 bits per heavy atom. The van der Waals surface area contributed by atoms with E-state index in [1.807, 2.05) is 19.1 Å². The number of rotatable bonds is 9. The van der Waals surface area contributed by atoms with Crippen molar-refractivity contribution in [2.75, 3.05) is 37.5 Å². The van der Waals surface area contributed by atoms with Crippen molar-refractivity contribution in [1.82, 2.24) is 15.3 Å². The molecule has 0 amide bonds. The van der Waals surface area contributed by atoms with Gasteiger partial charge in [-0.3, -0.25) is 0 Å². The third-order valence-corrected chi connectivity index (χ3v) is 6.85. The van der Waals surface area contributed by atoms with Crippen LogP contribution in [-0.4, -0.2) is 48.4 Å². The van der Waals surface area contributed by atoms with Crippen molar-refractivity contribution in [3.63, 3.8) is 0 Å². The van der Waals surface area contributed by atoms with Crippen LogP contribution in [0.25, 0.3) is 0 Å². The van der Waals surface area contributed by atoms with Gasteiger partial charge in [0.1, 0.15) is 5.82 Å². The minimum absolute atomic E-state index is 0.201. The Labute approximate surface area is 198 Å². The summed E-state index contributed by atoms with van der Waals surface area (Å²) < 4.78 is 5.49. The molecule has 1 saturated carbocycles. The molecule has 4 rings (SSSR count). The lowest BCUT2D eigenvalue weighted by Crippen LogP contribution is -2.32. The molecule has 1 aromatic carbocycles. The second kappa shape index (κ2) is 11.1. The topological polar surface area (TPSA) is 82.5 Å². The van der Waals surface area contributed by atoms with Crippen LogP contribution in [0.1, 0.15) is 62.3 Å². The maximum atomic E-state index is 9.86. The normalized spacial score (nSPS) is 20.2. The van der Waals surface area contributed by atoms with Crippen molar-refractivity contribution in [1.29, 1.82) is 0 Å². The molecule has 1 fully saturated rings. The Kier molecular flexibility index (Phi) is 7.91. The molecule has 7 heteroatoms. The van der Waals surface area contributed by atoms with Crippen molar-refractivity contribution in [3.05, 3.63) is 35.0 Å². The Balaban J connectivity index is 1.25. The molecule has 0 aliphatic heterocycles. The minimum atomic E-state index is 0.201. The second-order valence-electron chi connectivity index (χ2n) is 9.63. The number of hydrogen-bond acceptors (Lipinski definition) is 7. The third kappa shape index (κ3) is 6.08. The number of phenolic OH excluding ortho intramolecular Hbond substituents is 1. The highest BCUT2D eigenvalue weighted by molar-refractivity contribution is 5.53. The van der Waals surface area contributed by atoms with Crippen LogP contribution in [0.3, 0.4) is 0 Å². The van der Waals surface area contributed by atoms with E-state index in [2.05, 4.69) is 29.6 Å². The van der Waals surface area contributed by atoms with Crippen LogP contribution in [0.15, 0.2) is 18.2 Å². The predicted octanol–water partition coefficient (Wildman–Crippen LogP) is 4.29. The molecular weight excluding hydrogens is 414 g/mol. The van der Waals surface area contributed by atoms with Gasteiger partial charge in [-0.1, -0.05) is 6.07 Å². The predicted molar refractivity (Wildman–Crippen MR) is 133 cm³/mol. The average molecular weight is 454 g/mol. The highest BCUT2D eigenvalue weighted by Crippen LogP contribution is 2.31. The number of nitrogens with zero attached hydrogens (tertiary/aromatic N) is 3. The van der Waals surface area contributed by atoms with Crippen molar-refractivity contribution in [3.8, 4) is 11.5 Å². The first-order valence-corrected chi connectivity index (χ1v) is 12.5. The number of phenols is 1. The van der Waals surface area contributed by atoms with Gasteiger partial charge in [0, 0.05) is 32.2 Å². The molecule has 0 atom stereocenters. The molecule has 180 valence electrons. The van der Waals surface area contributed by atoms with Crippen molar-refractivity contribution >= 4 is 11.8 Å². The Bertz CT molecular complexity index is 925. The third-order valence-electron chi connectivity index (χ3n) is 6.85. The minimum Gasteiger partial charge on any atom is -0.504 e. The number of aromatic hydroxyl groups is 1. The van der Waals surface area contributed by atoms with E-state index < -0.39 is 0 Å². The number of ether oxygens (including phenoxy) is 1. The Morgan fingerprint density at radius 1 is 1.09 bits per heavy atom. The molecule has 1 aromatic heterocycles. The molecule has 0 spiro atoms. The van der Waals surface area contributed by atoms with Gasteiger partial charge in [-0.15, -0.1) is 0 Å². The zero-order valence-electron chi connectivity index (χ0n) is 20.4. The van der Waals surface area contributed by atoms with Crippen LogP contribution in [0.4, 0.5) is 11.8 Å². The van der Waals surface area contributed by atoms with Crippen LogP contribution in [0, 0.1) is 5.92 Å². The highest BCUT2D eigenvalue weighted by Gasteiger charge is 2.24. The number of anilines is 2. The van der Waals surface area contributed by atoms with Crippen molar-refractivity contribution in [2.24, 2.45) is 5.92 Å². The molecule has 2 aliphatic rings. The van der Waals surface area contributed by atoms with Gasteiger partial charge < -0.3 is 25.4 Å². The van der Waals surface area contributed by atoms with Gasteiger partial charge >= 0.3 is 0 Å². The number of aryl methyl sites for hydroxylation is 1. The van der Waals surface area contributed by atoms with Gasteiger partial charge in [0.15, 0.2) is 11.5 Å². The molecule has 0 bridgehead atoms. The average Bonchev–Trinajstić information content (AvgIpc) is 2.82. The van der Waals surface area contributed by atoms with Crippen LogP contribution < -0.4 is 20.3 Å². The summed E-state index contributed by atoms with van der Waals surface area (Å²) in [4.78, 5) is 11.9. The molecule has 0 saturated heterocycles. The molecule has 2 aromatic rings. The summed E-state index contributed by atoms with van der Waals surface area (Å²) in [7, 11) is 4.16. The molecule has 1 heterocycles. The summed E-state index contributed by atoms with van der Waals surface area (Å²) in [5.41, 5.74) is 3.71. The van der Waals surface area contributed by atoms with Crippen molar-refractivity contribution in [2.45, 2.75) is 70.9 Å². The van der Waals surface area contributed by atoms with Crippen LogP contribution >= 0.6 is 0 Å². The lowest BCUT2D eigenvalue weighted by Gasteiger charge is -2.30. The maximum Gasteiger partial charge on any atom is 0.225 e. The van der Waals surface area contributed by atoms with Gasteiger partial charge in [-0.05, 0) is 88.4 Å². The first-order chi connectivity index (χ1) is 16.0. The summed E-state index contributed by atoms with van der Waals surface area (Å²) in [6, 6.07) is 6.03. The Hall–Kier alpha value is -2.54. The van der Waals surface area contributed by atoms with Crippen LogP contribution in [0.5, 0.6) is 11.5 Å². The van der Waals surface area contributed by atoms with Crippen molar-refractivity contribution < 1.29 is 9.84 Å². The zero-order chi connectivity index (χ0) is 23.2. The highest BCUT2D eigenvalue weighted by atomic mass is 16.5. The summed E-state index contributed by atoms with van der Waals surface area (Å²) >= 11 is 0. The molecule has 7 nitrogen and oxygen atoms in total. The van der Waals surface area contributed by atoms with E-state index in [0.717, 1.165) is 56.1 Å². The zero-order valence-corrected chi connectivity index (χ0v) is 20.4. The molecule has 33 heavy (non-hydrogen) atoms. The lowest BCUT2D eigenvalue weighted by atomic mass is 9.86. The first-order valence-electron chi connectivity index (χ1n) is 12.5. The van der Waals surface area contributed by atoms with E-state index in [-0.39, 0.29) is 5.75 Å². The van der Waals surface area contributed by atoms with Gasteiger partial charge in [0.25, 0.3) is 0 Å². The molecule has 0 unspecified atom stereocenters. The number of nitrogens with one attached hydrogen (secondary N) is 2. The van der Waals surface area contributed by atoms with Crippen LogP contribution in [0.2, 0.25) is 0 Å². The lowest BCUT2D eigenvalue weighted by molar-refractivity contribution is 0.316. The van der Waals surface area contributed by atoms with E-state index in [1.54, 1.807) is 6.07 Å². The molecule has 0 radical (unpaired) electrons. The van der Waals surface area contributed by atoms with E-state index in [9.17, 15) is 5.11 Å². The SMILES string of the molecule is CCOc1cc(CNC[C@H]2CC[C@@H](Nc3nc4c(c(N(C)C)n3)CCCC4)CC2)ccc1O. The fourth-order valence-corrected chi connectivity index (χ4v) is 5.06. The number of hydrogen-bond donors (Lipinski definition) is 3. The van der Waals surface area contributed by atoms with E-state index >= 15 is 0 Å². The fraction of sp³-hybridized carbons (Fsp3) is 0.615.